The molecule has 2 fully saturated rings. The van der Waals surface area contributed by atoms with Crippen LogP contribution in [0.15, 0.2) is 24.3 Å². The van der Waals surface area contributed by atoms with Crippen LogP contribution in [-0.4, -0.2) is 27.6 Å². The summed E-state index contributed by atoms with van der Waals surface area (Å²) in [5.41, 5.74) is 9.37. The SMILES string of the molecule is CCCCc1nc2c(N)nc3ccccc3c2n1CC1CC2CNCC2C1. The van der Waals surface area contributed by atoms with E-state index in [1.807, 2.05) is 6.07 Å². The van der Waals surface area contributed by atoms with Gasteiger partial charge in [-0.1, -0.05) is 31.5 Å². The van der Waals surface area contributed by atoms with Crippen LogP contribution in [-0.2, 0) is 13.0 Å². The highest BCUT2D eigenvalue weighted by Crippen LogP contribution is 2.40. The van der Waals surface area contributed by atoms with Gasteiger partial charge in [0.25, 0.3) is 0 Å². The maximum absolute atomic E-state index is 6.32. The van der Waals surface area contributed by atoms with Crippen LogP contribution in [0.3, 0.4) is 0 Å². The van der Waals surface area contributed by atoms with E-state index < -0.39 is 0 Å². The number of aryl methyl sites for hydroxylation is 1. The van der Waals surface area contributed by atoms with Crippen molar-refractivity contribution >= 4 is 27.8 Å². The summed E-state index contributed by atoms with van der Waals surface area (Å²) in [5.74, 6) is 4.23. The number of nitrogen functional groups attached to an aromatic ring is 1. The smallest absolute Gasteiger partial charge is 0.152 e. The van der Waals surface area contributed by atoms with Crippen molar-refractivity contribution in [3.8, 4) is 0 Å². The van der Waals surface area contributed by atoms with Crippen LogP contribution in [0.4, 0.5) is 5.82 Å². The molecular weight excluding hydrogens is 334 g/mol. The Hall–Kier alpha value is -2.14. The lowest BCUT2D eigenvalue weighted by Crippen LogP contribution is -2.16. The number of rotatable bonds is 5. The van der Waals surface area contributed by atoms with Crippen LogP contribution in [0, 0.1) is 17.8 Å². The fourth-order valence-electron chi connectivity index (χ4n) is 5.33. The monoisotopic (exact) mass is 363 g/mol. The standard InChI is InChI=1S/C22H29N5/c1-2-3-8-19-26-20-21(17-6-4-5-7-18(17)25-22(20)23)27(19)13-14-9-15-11-24-12-16(15)10-14/h4-7,14-16,24H,2-3,8-13H2,1H3,(H2,23,25). The Morgan fingerprint density at radius 3 is 2.70 bits per heavy atom. The third-order valence-electron chi connectivity index (χ3n) is 6.64. The van der Waals surface area contributed by atoms with Crippen molar-refractivity contribution in [3.05, 3.63) is 30.1 Å². The van der Waals surface area contributed by atoms with Crippen molar-refractivity contribution in [3.63, 3.8) is 0 Å². The van der Waals surface area contributed by atoms with Crippen molar-refractivity contribution in [2.24, 2.45) is 17.8 Å². The number of hydrogen-bond acceptors (Lipinski definition) is 4. The molecule has 0 amide bonds. The molecule has 5 heteroatoms. The highest BCUT2D eigenvalue weighted by Gasteiger charge is 2.37. The number of anilines is 1. The molecule has 0 bridgehead atoms. The minimum atomic E-state index is 0.563. The van der Waals surface area contributed by atoms with E-state index in [4.69, 9.17) is 10.7 Å². The van der Waals surface area contributed by atoms with Gasteiger partial charge < -0.3 is 15.6 Å². The van der Waals surface area contributed by atoms with Gasteiger partial charge in [0.2, 0.25) is 0 Å². The Morgan fingerprint density at radius 2 is 1.93 bits per heavy atom. The van der Waals surface area contributed by atoms with Crippen molar-refractivity contribution in [1.29, 1.82) is 0 Å². The summed E-state index contributed by atoms with van der Waals surface area (Å²) < 4.78 is 2.49. The van der Waals surface area contributed by atoms with Crippen molar-refractivity contribution in [1.82, 2.24) is 19.9 Å². The first-order chi connectivity index (χ1) is 13.2. The summed E-state index contributed by atoms with van der Waals surface area (Å²) in [7, 11) is 0. The van der Waals surface area contributed by atoms with Gasteiger partial charge in [0.15, 0.2) is 5.82 Å². The lowest BCUT2D eigenvalue weighted by Gasteiger charge is -2.16. The van der Waals surface area contributed by atoms with Gasteiger partial charge in [-0.3, -0.25) is 0 Å². The second kappa shape index (κ2) is 6.79. The lowest BCUT2D eigenvalue weighted by molar-refractivity contribution is 0.421. The van der Waals surface area contributed by atoms with Gasteiger partial charge >= 0.3 is 0 Å². The van der Waals surface area contributed by atoms with Gasteiger partial charge in [-0.05, 0) is 56.2 Å². The molecule has 0 spiro atoms. The minimum Gasteiger partial charge on any atom is -0.382 e. The van der Waals surface area contributed by atoms with E-state index in [0.717, 1.165) is 48.2 Å². The molecule has 5 nitrogen and oxygen atoms in total. The van der Waals surface area contributed by atoms with Gasteiger partial charge in [0.05, 0.1) is 11.0 Å². The van der Waals surface area contributed by atoms with E-state index in [9.17, 15) is 0 Å². The molecule has 2 aromatic heterocycles. The number of pyridine rings is 1. The van der Waals surface area contributed by atoms with Gasteiger partial charge in [0, 0.05) is 18.4 Å². The predicted octanol–water partition coefficient (Wildman–Crippen LogP) is 3.75. The van der Waals surface area contributed by atoms with Crippen LogP contribution < -0.4 is 11.1 Å². The molecule has 1 aliphatic heterocycles. The van der Waals surface area contributed by atoms with Crippen LogP contribution in [0.1, 0.15) is 38.4 Å². The summed E-state index contributed by atoms with van der Waals surface area (Å²) >= 11 is 0. The highest BCUT2D eigenvalue weighted by atomic mass is 15.1. The van der Waals surface area contributed by atoms with Crippen molar-refractivity contribution in [2.45, 2.75) is 45.6 Å². The van der Waals surface area contributed by atoms with E-state index in [0.29, 0.717) is 5.82 Å². The number of fused-ring (bicyclic) bond motifs is 4. The molecule has 3 heterocycles. The highest BCUT2D eigenvalue weighted by molar-refractivity contribution is 6.06. The number of nitrogens with two attached hydrogens (primary N) is 1. The molecular formula is C22H29N5. The molecule has 1 saturated heterocycles. The predicted molar refractivity (Wildman–Crippen MR) is 111 cm³/mol. The first-order valence-corrected chi connectivity index (χ1v) is 10.5. The summed E-state index contributed by atoms with van der Waals surface area (Å²) in [6.07, 6.45) is 6.03. The summed E-state index contributed by atoms with van der Waals surface area (Å²) in [6, 6.07) is 8.35. The molecule has 2 unspecified atom stereocenters. The first-order valence-electron chi connectivity index (χ1n) is 10.5. The van der Waals surface area contributed by atoms with Gasteiger partial charge in [0.1, 0.15) is 11.3 Å². The first kappa shape index (κ1) is 17.0. The quantitative estimate of drug-likeness (QED) is 0.724. The third-order valence-corrected chi connectivity index (χ3v) is 6.64. The fraction of sp³-hybridized carbons (Fsp3) is 0.545. The number of para-hydroxylation sites is 1. The summed E-state index contributed by atoms with van der Waals surface area (Å²) in [6.45, 7) is 5.71. The van der Waals surface area contributed by atoms with E-state index >= 15 is 0 Å². The Balaban J connectivity index is 1.61. The molecule has 142 valence electrons. The number of nitrogens with zero attached hydrogens (tertiary/aromatic N) is 3. The topological polar surface area (TPSA) is 68.8 Å². The second-order valence-electron chi connectivity index (χ2n) is 8.47. The van der Waals surface area contributed by atoms with Crippen LogP contribution in [0.2, 0.25) is 0 Å². The minimum absolute atomic E-state index is 0.563. The fourth-order valence-corrected chi connectivity index (χ4v) is 5.33. The molecule has 3 N–H and O–H groups in total. The number of aromatic nitrogens is 3. The van der Waals surface area contributed by atoms with Gasteiger partial charge in [-0.25, -0.2) is 9.97 Å². The zero-order valence-electron chi connectivity index (χ0n) is 16.1. The normalized spacial score (nSPS) is 24.9. The molecule has 0 radical (unpaired) electrons. The van der Waals surface area contributed by atoms with E-state index in [1.54, 1.807) is 0 Å². The van der Waals surface area contributed by atoms with Gasteiger partial charge in [-0.15, -0.1) is 0 Å². The Labute approximate surface area is 160 Å². The van der Waals surface area contributed by atoms with E-state index in [2.05, 4.69) is 40.0 Å². The molecule has 1 saturated carbocycles. The van der Waals surface area contributed by atoms with Gasteiger partial charge in [-0.2, -0.15) is 0 Å². The zero-order chi connectivity index (χ0) is 18.4. The number of benzene rings is 1. The maximum Gasteiger partial charge on any atom is 0.152 e. The summed E-state index contributed by atoms with van der Waals surface area (Å²) in [4.78, 5) is 9.59. The van der Waals surface area contributed by atoms with Crippen molar-refractivity contribution in [2.75, 3.05) is 18.8 Å². The summed E-state index contributed by atoms with van der Waals surface area (Å²) in [5, 5.41) is 4.74. The molecule has 1 aliphatic carbocycles. The van der Waals surface area contributed by atoms with Crippen molar-refractivity contribution < 1.29 is 0 Å². The Morgan fingerprint density at radius 1 is 1.15 bits per heavy atom. The largest absolute Gasteiger partial charge is 0.382 e. The maximum atomic E-state index is 6.32. The van der Waals surface area contributed by atoms with E-state index in [1.165, 1.54) is 49.1 Å². The lowest BCUT2D eigenvalue weighted by atomic mass is 10.0. The molecule has 1 aromatic carbocycles. The average Bonchev–Trinajstić information content (AvgIpc) is 3.34. The number of imidazole rings is 1. The molecule has 3 aromatic rings. The molecule has 2 atom stereocenters. The average molecular weight is 364 g/mol. The molecule has 27 heavy (non-hydrogen) atoms. The number of nitrogens with one attached hydrogen (secondary N) is 1. The number of hydrogen-bond donors (Lipinski definition) is 2. The van der Waals surface area contributed by atoms with Crippen LogP contribution >= 0.6 is 0 Å². The third kappa shape index (κ3) is 2.89. The Kier molecular flexibility index (Phi) is 4.27. The zero-order valence-corrected chi connectivity index (χ0v) is 16.1. The van der Waals surface area contributed by atoms with Crippen LogP contribution in [0.25, 0.3) is 21.9 Å². The molecule has 5 rings (SSSR count). The van der Waals surface area contributed by atoms with Crippen LogP contribution in [0.5, 0.6) is 0 Å². The molecule has 2 aliphatic rings. The Bertz CT molecular complexity index is 964. The number of unbranched alkanes of at least 4 members (excludes halogenated alkanes) is 1. The second-order valence-corrected chi connectivity index (χ2v) is 8.47. The van der Waals surface area contributed by atoms with E-state index in [-0.39, 0.29) is 0 Å².